The summed E-state index contributed by atoms with van der Waals surface area (Å²) in [5.41, 5.74) is 22.7. The second kappa shape index (κ2) is 35.8. The maximum absolute atomic E-state index is 14.4. The topological polar surface area (TPSA) is 212 Å². The van der Waals surface area contributed by atoms with Crippen LogP contribution in [0.25, 0.3) is 11.1 Å². The number of phenolic OH excluding ortho intramolecular Hbond substituents is 10. The molecule has 0 bridgehead atoms. The molecule has 11 nitrogen and oxygen atoms in total. The Hall–Kier alpha value is -10.1. The summed E-state index contributed by atoms with van der Waals surface area (Å²) in [5, 5.41) is 101. The normalized spacial score (nSPS) is 11.6. The Balaban J connectivity index is 0.000000227. The molecular weight excluding hydrogens is 1500 g/mol. The van der Waals surface area contributed by atoms with Gasteiger partial charge in [-0.1, -0.05) is 39.5 Å². The Morgan fingerprint density at radius 1 is 0.241 bits per heavy atom. The smallest absolute Gasteiger partial charge is 0.411 e. The predicted molar refractivity (Wildman–Crippen MR) is 461 cm³/mol. The summed E-state index contributed by atoms with van der Waals surface area (Å²) in [6.45, 7) is 60.4. The molecule has 0 radical (unpaired) electrons. The lowest BCUT2D eigenvalue weighted by Crippen LogP contribution is -2.55. The van der Waals surface area contributed by atoms with Crippen molar-refractivity contribution in [2.45, 2.75) is 267 Å². The number of phenols is 10. The zero-order chi connectivity index (χ0) is 88.8. The molecule has 10 aromatic carbocycles. The number of halogens is 6. The Bertz CT molecular complexity index is 5030. The third-order valence-electron chi connectivity index (χ3n) is 25.8. The van der Waals surface area contributed by atoms with E-state index in [4.69, 9.17) is 4.74 Å². The molecule has 0 saturated carbocycles. The van der Waals surface area contributed by atoms with Gasteiger partial charge in [0, 0.05) is 27.3 Å². The van der Waals surface area contributed by atoms with Crippen LogP contribution in [0.3, 0.4) is 0 Å². The van der Waals surface area contributed by atoms with E-state index >= 15 is 0 Å². The van der Waals surface area contributed by atoms with Gasteiger partial charge in [-0.15, -0.1) is 0 Å². The van der Waals surface area contributed by atoms with Crippen molar-refractivity contribution in [1.82, 2.24) is 0 Å². The van der Waals surface area contributed by atoms with Gasteiger partial charge in [0.05, 0.1) is 0 Å². The molecule has 0 spiro atoms. The van der Waals surface area contributed by atoms with E-state index in [0.717, 1.165) is 145 Å². The molecule has 0 fully saturated rings. The number of benzene rings is 10. The van der Waals surface area contributed by atoms with Gasteiger partial charge in [-0.05, 0) is 456 Å². The standard InChI is InChI=1S/C21H22F6O2.C21H28O2.C20H26O2.C18H22O3.C18H22O2S/c1-9-11(3)15(7-17(28)13(9)5)19(20(22,23)24,21(25,26)27)16-8-18(29)14(6)10(2)12(16)4;1-11-13(3)17(9-19(22)15(11)5)21(7,8)18-10-20(23)16(6)12(2)14(18)4;1-7-15-11(3)13(5)17(9-19(15)21)18-10-20(22)16(8-2)12(4)14(18)6;2*1-9-11(3)15(19)7-17(13(9)5)21-18-8-16(20)12(4)10(2)14(18)6/h7-8,28-29H,1-6H3;9-10,22-23H,1-8H3;9-10,21-22H,7-8H2,1-6H3;2*7-8,19-20H,1-6H3. The summed E-state index contributed by atoms with van der Waals surface area (Å²) in [4.78, 5) is 2.06. The summed E-state index contributed by atoms with van der Waals surface area (Å²) in [6, 6.07) is 15.4. The highest BCUT2D eigenvalue weighted by molar-refractivity contribution is 7.99. The molecule has 10 rings (SSSR count). The predicted octanol–water partition coefficient (Wildman–Crippen LogP) is 26.6. The van der Waals surface area contributed by atoms with Crippen molar-refractivity contribution < 1.29 is 82.1 Å². The largest absolute Gasteiger partial charge is 0.508 e. The fourth-order valence-corrected chi connectivity index (χ4v) is 16.5. The first-order chi connectivity index (χ1) is 53.3. The summed E-state index contributed by atoms with van der Waals surface area (Å²) >= 11 is 1.59. The number of rotatable bonds is 11. The maximum Gasteiger partial charge on any atom is 0.411 e. The van der Waals surface area contributed by atoms with Gasteiger partial charge in [0.2, 0.25) is 5.41 Å². The molecule has 10 N–H and O–H groups in total. The van der Waals surface area contributed by atoms with Gasteiger partial charge in [-0.3, -0.25) is 0 Å². The monoisotopic (exact) mass is 1620 g/mol. The highest BCUT2D eigenvalue weighted by atomic mass is 32.2. The summed E-state index contributed by atoms with van der Waals surface area (Å²) in [6.07, 6.45) is -9.97. The molecule has 0 aliphatic heterocycles. The van der Waals surface area contributed by atoms with Crippen LogP contribution in [0, 0.1) is 194 Å². The number of hydrogen-bond donors (Lipinski definition) is 10. The van der Waals surface area contributed by atoms with E-state index in [1.807, 2.05) is 119 Å². The highest BCUT2D eigenvalue weighted by Crippen LogP contribution is 2.60. The van der Waals surface area contributed by atoms with Gasteiger partial charge in [-0.2, -0.15) is 26.3 Å². The summed E-state index contributed by atoms with van der Waals surface area (Å²) < 4.78 is 92.6. The van der Waals surface area contributed by atoms with Crippen molar-refractivity contribution in [2.24, 2.45) is 0 Å². The molecule has 0 aromatic heterocycles. The third-order valence-corrected chi connectivity index (χ3v) is 27.1. The average Bonchev–Trinajstić information content (AvgIpc) is 0.697. The fourth-order valence-electron chi connectivity index (χ4n) is 15.3. The number of ether oxygens (including phenoxy) is 1. The molecule has 0 heterocycles. The molecule has 0 aliphatic carbocycles. The van der Waals surface area contributed by atoms with Crippen LogP contribution in [0.1, 0.15) is 217 Å². The molecule has 0 unspecified atom stereocenters. The van der Waals surface area contributed by atoms with E-state index in [1.54, 1.807) is 23.9 Å². The Kier molecular flexibility index (Phi) is 29.3. The second-order valence-corrected chi connectivity index (χ2v) is 33.1. The van der Waals surface area contributed by atoms with Crippen molar-refractivity contribution in [3.8, 4) is 80.1 Å². The van der Waals surface area contributed by atoms with Gasteiger partial charge >= 0.3 is 12.4 Å². The molecule has 116 heavy (non-hydrogen) atoms. The zero-order valence-corrected chi connectivity index (χ0v) is 74.6. The summed E-state index contributed by atoms with van der Waals surface area (Å²) in [7, 11) is 0. The van der Waals surface area contributed by atoms with Crippen LogP contribution in [0.15, 0.2) is 70.5 Å². The fraction of sp³-hybridized carbons (Fsp3) is 0.388. The second-order valence-electron chi connectivity index (χ2n) is 32.0. The Labute approximate surface area is 687 Å². The first-order valence-corrected chi connectivity index (χ1v) is 39.6. The van der Waals surface area contributed by atoms with Crippen molar-refractivity contribution >= 4 is 11.8 Å². The Morgan fingerprint density at radius 2 is 0.457 bits per heavy atom. The zero-order valence-electron chi connectivity index (χ0n) is 73.7. The number of alkyl halides is 6. The van der Waals surface area contributed by atoms with Crippen LogP contribution < -0.4 is 4.74 Å². The van der Waals surface area contributed by atoms with Crippen LogP contribution >= 0.6 is 11.8 Å². The number of hydrogen-bond acceptors (Lipinski definition) is 12. The van der Waals surface area contributed by atoms with Crippen LogP contribution in [0.4, 0.5) is 26.3 Å². The van der Waals surface area contributed by atoms with E-state index in [0.29, 0.717) is 58.1 Å². The van der Waals surface area contributed by atoms with E-state index in [-0.39, 0.29) is 50.3 Å². The van der Waals surface area contributed by atoms with Gasteiger partial charge in [0.25, 0.3) is 0 Å². The van der Waals surface area contributed by atoms with Crippen molar-refractivity contribution in [3.05, 3.63) is 250 Å². The van der Waals surface area contributed by atoms with Crippen LogP contribution in [-0.2, 0) is 23.7 Å². The van der Waals surface area contributed by atoms with Crippen molar-refractivity contribution in [3.63, 3.8) is 0 Å². The molecule has 10 aromatic rings. The lowest BCUT2D eigenvalue weighted by Gasteiger charge is -2.41. The molecule has 0 saturated heterocycles. The minimum Gasteiger partial charge on any atom is -0.508 e. The first-order valence-electron chi connectivity index (χ1n) is 38.8. The highest BCUT2D eigenvalue weighted by Gasteiger charge is 2.73. The van der Waals surface area contributed by atoms with Crippen molar-refractivity contribution in [1.29, 1.82) is 0 Å². The quantitative estimate of drug-likeness (QED) is 0.0548. The minimum absolute atomic E-state index is 0.128. The molecule has 626 valence electrons. The van der Waals surface area contributed by atoms with E-state index in [1.165, 1.54) is 74.9 Å². The Morgan fingerprint density at radius 3 is 0.707 bits per heavy atom. The minimum atomic E-state index is -5.80. The third kappa shape index (κ3) is 17.9. The van der Waals surface area contributed by atoms with Gasteiger partial charge in [-0.25, -0.2) is 0 Å². The van der Waals surface area contributed by atoms with Crippen LogP contribution in [0.5, 0.6) is 69.0 Å². The summed E-state index contributed by atoms with van der Waals surface area (Å²) in [5.74, 6) is 2.36. The molecule has 0 aliphatic rings. The lowest BCUT2D eigenvalue weighted by atomic mass is 9.68. The van der Waals surface area contributed by atoms with E-state index in [2.05, 4.69) is 96.9 Å². The molecule has 0 amide bonds. The van der Waals surface area contributed by atoms with E-state index in [9.17, 15) is 77.4 Å². The van der Waals surface area contributed by atoms with Gasteiger partial charge in [0.15, 0.2) is 0 Å². The van der Waals surface area contributed by atoms with Gasteiger partial charge < -0.3 is 55.8 Å². The first kappa shape index (κ1) is 94.8. The lowest BCUT2D eigenvalue weighted by molar-refractivity contribution is -0.289. The van der Waals surface area contributed by atoms with Gasteiger partial charge in [0.1, 0.15) is 69.0 Å². The SMILES string of the molecule is CCc1c(O)cc(-c2cc(O)c(CC)c(C)c2C)c(C)c1C.Cc1c(O)cc(C(C)(C)c2cc(O)c(C)c(C)c2C)c(C)c1C.Cc1c(O)cc(C(c2cc(O)c(C)c(C)c2C)(C(F)(F)F)C(F)(F)F)c(C)c1C.Cc1c(O)cc(Oc2cc(O)c(C)c(C)c2C)c(C)c1C.Cc1c(O)cc(Sc2cc(O)c(C)c(C)c2C)c(C)c1C. The van der Waals surface area contributed by atoms with Crippen molar-refractivity contribution in [2.75, 3.05) is 0 Å². The van der Waals surface area contributed by atoms with E-state index < -0.39 is 40.4 Å². The average molecular weight is 1620 g/mol. The molecular formula is C98H120F6O11S. The number of aromatic hydroxyl groups is 10. The molecule has 18 heteroatoms. The van der Waals surface area contributed by atoms with Crippen LogP contribution in [-0.4, -0.2) is 63.4 Å². The maximum atomic E-state index is 14.4. The molecule has 0 atom stereocenters. The van der Waals surface area contributed by atoms with Crippen LogP contribution in [0.2, 0.25) is 0 Å².